The van der Waals surface area contributed by atoms with Crippen molar-refractivity contribution in [1.29, 1.82) is 0 Å². The van der Waals surface area contributed by atoms with Crippen LogP contribution in [0.3, 0.4) is 0 Å². The second-order valence-corrected chi connectivity index (χ2v) is 5.50. The molecule has 3 rings (SSSR count). The van der Waals surface area contributed by atoms with Crippen molar-refractivity contribution in [2.24, 2.45) is 0 Å². The van der Waals surface area contributed by atoms with E-state index < -0.39 is 6.04 Å². The first kappa shape index (κ1) is 16.8. The lowest BCUT2D eigenvalue weighted by atomic mass is 10.2. The number of carbonyl (C=O) groups excluding carboxylic acids is 1. The number of benzene rings is 1. The Morgan fingerprint density at radius 1 is 1.24 bits per heavy atom. The lowest BCUT2D eigenvalue weighted by Gasteiger charge is -2.13. The van der Waals surface area contributed by atoms with Crippen LogP contribution in [0.4, 0.5) is 0 Å². The SMILES string of the molecule is O=C(CCCn1nnc(-c2ccccc2)n1)NC(CO)c1ccco1. The average Bonchev–Trinajstić information content (AvgIpc) is 3.32. The van der Waals surface area contributed by atoms with Crippen molar-refractivity contribution >= 4 is 5.91 Å². The fourth-order valence-electron chi connectivity index (χ4n) is 2.38. The molecule has 0 radical (unpaired) electrons. The van der Waals surface area contributed by atoms with Crippen LogP contribution in [0.2, 0.25) is 0 Å². The van der Waals surface area contributed by atoms with Crippen LogP contribution in [0.15, 0.2) is 53.1 Å². The number of aryl methyl sites for hydroxylation is 1. The number of amides is 1. The predicted octanol–water partition coefficient (Wildman–Crippen LogP) is 1.56. The molecule has 0 saturated carbocycles. The third kappa shape index (κ3) is 4.51. The molecule has 8 heteroatoms. The number of furan rings is 1. The van der Waals surface area contributed by atoms with Crippen LogP contribution in [0, 0.1) is 0 Å². The van der Waals surface area contributed by atoms with E-state index in [1.165, 1.54) is 11.1 Å². The van der Waals surface area contributed by atoms with Crippen LogP contribution in [-0.2, 0) is 11.3 Å². The molecule has 1 aromatic carbocycles. The monoisotopic (exact) mass is 341 g/mol. The highest BCUT2D eigenvalue weighted by Crippen LogP contribution is 2.13. The molecular weight excluding hydrogens is 322 g/mol. The molecule has 1 unspecified atom stereocenters. The van der Waals surface area contributed by atoms with Crippen molar-refractivity contribution in [2.45, 2.75) is 25.4 Å². The summed E-state index contributed by atoms with van der Waals surface area (Å²) in [6.07, 6.45) is 2.36. The number of hydrogen-bond acceptors (Lipinski definition) is 6. The standard InChI is InChI=1S/C17H19N5O3/c23-12-14(15-8-5-11-25-15)18-16(24)9-4-10-22-20-17(19-21-22)13-6-2-1-3-7-13/h1-3,5-8,11,14,23H,4,9-10,12H2,(H,18,24). The second-order valence-electron chi connectivity index (χ2n) is 5.50. The molecule has 1 amide bonds. The van der Waals surface area contributed by atoms with Gasteiger partial charge in [-0.3, -0.25) is 4.79 Å². The molecule has 2 N–H and O–H groups in total. The molecular formula is C17H19N5O3. The molecule has 2 heterocycles. The highest BCUT2D eigenvalue weighted by atomic mass is 16.3. The molecule has 2 aromatic heterocycles. The van der Waals surface area contributed by atoms with Gasteiger partial charge in [-0.1, -0.05) is 30.3 Å². The van der Waals surface area contributed by atoms with Crippen molar-refractivity contribution in [3.05, 3.63) is 54.5 Å². The van der Waals surface area contributed by atoms with E-state index in [2.05, 4.69) is 20.7 Å². The van der Waals surface area contributed by atoms with E-state index in [-0.39, 0.29) is 12.5 Å². The number of tetrazole rings is 1. The minimum absolute atomic E-state index is 0.168. The summed E-state index contributed by atoms with van der Waals surface area (Å²) >= 11 is 0. The first-order chi connectivity index (χ1) is 12.3. The minimum Gasteiger partial charge on any atom is -0.467 e. The van der Waals surface area contributed by atoms with Gasteiger partial charge in [0.15, 0.2) is 0 Å². The zero-order valence-corrected chi connectivity index (χ0v) is 13.6. The maximum Gasteiger partial charge on any atom is 0.220 e. The molecule has 0 spiro atoms. The number of aliphatic hydroxyl groups excluding tert-OH is 1. The van der Waals surface area contributed by atoms with Gasteiger partial charge >= 0.3 is 0 Å². The third-order valence-corrected chi connectivity index (χ3v) is 3.65. The van der Waals surface area contributed by atoms with E-state index >= 15 is 0 Å². The Morgan fingerprint density at radius 2 is 2.08 bits per heavy atom. The van der Waals surface area contributed by atoms with E-state index in [4.69, 9.17) is 4.42 Å². The number of aromatic nitrogens is 4. The molecule has 0 bridgehead atoms. The normalized spacial score (nSPS) is 12.0. The summed E-state index contributed by atoms with van der Waals surface area (Å²) in [4.78, 5) is 13.5. The van der Waals surface area contributed by atoms with Crippen molar-refractivity contribution in [2.75, 3.05) is 6.61 Å². The molecule has 1 atom stereocenters. The van der Waals surface area contributed by atoms with E-state index in [0.29, 0.717) is 31.0 Å². The third-order valence-electron chi connectivity index (χ3n) is 3.65. The van der Waals surface area contributed by atoms with E-state index in [9.17, 15) is 9.90 Å². The number of carbonyl (C=O) groups is 1. The fourth-order valence-corrected chi connectivity index (χ4v) is 2.38. The highest BCUT2D eigenvalue weighted by molar-refractivity contribution is 5.76. The van der Waals surface area contributed by atoms with E-state index in [0.717, 1.165) is 5.56 Å². The van der Waals surface area contributed by atoms with Crippen molar-refractivity contribution < 1.29 is 14.3 Å². The summed E-state index contributed by atoms with van der Waals surface area (Å²) < 4.78 is 5.20. The van der Waals surface area contributed by atoms with Gasteiger partial charge in [0.2, 0.25) is 11.7 Å². The smallest absolute Gasteiger partial charge is 0.220 e. The van der Waals surface area contributed by atoms with Gasteiger partial charge in [-0.25, -0.2) is 0 Å². The molecule has 0 fully saturated rings. The maximum absolute atomic E-state index is 12.0. The van der Waals surface area contributed by atoms with E-state index in [1.807, 2.05) is 30.3 Å². The van der Waals surface area contributed by atoms with Gasteiger partial charge in [0, 0.05) is 12.0 Å². The molecule has 0 aliphatic rings. The van der Waals surface area contributed by atoms with Gasteiger partial charge < -0.3 is 14.8 Å². The Morgan fingerprint density at radius 3 is 2.80 bits per heavy atom. The number of hydrogen-bond donors (Lipinski definition) is 2. The topological polar surface area (TPSA) is 106 Å². The molecule has 130 valence electrons. The Labute approximate surface area is 144 Å². The quantitative estimate of drug-likeness (QED) is 0.644. The Hall–Kier alpha value is -3.00. The zero-order chi connectivity index (χ0) is 17.5. The highest BCUT2D eigenvalue weighted by Gasteiger charge is 2.16. The van der Waals surface area contributed by atoms with Gasteiger partial charge in [0.05, 0.1) is 19.4 Å². The first-order valence-corrected chi connectivity index (χ1v) is 8.03. The number of nitrogens with zero attached hydrogens (tertiary/aromatic N) is 4. The molecule has 3 aromatic rings. The van der Waals surface area contributed by atoms with Crippen LogP contribution in [0.5, 0.6) is 0 Å². The Kier molecular flexibility index (Phi) is 5.53. The van der Waals surface area contributed by atoms with Crippen molar-refractivity contribution in [3.8, 4) is 11.4 Å². The summed E-state index contributed by atoms with van der Waals surface area (Å²) in [7, 11) is 0. The van der Waals surface area contributed by atoms with Gasteiger partial charge in [-0.15, -0.1) is 10.2 Å². The Bertz CT molecular complexity index is 786. The predicted molar refractivity (Wildman–Crippen MR) is 89.2 cm³/mol. The number of nitrogens with one attached hydrogen (secondary N) is 1. The van der Waals surface area contributed by atoms with Crippen LogP contribution in [0.25, 0.3) is 11.4 Å². The summed E-state index contributed by atoms with van der Waals surface area (Å²) in [5.41, 5.74) is 0.899. The van der Waals surface area contributed by atoms with Crippen LogP contribution < -0.4 is 5.32 Å². The minimum atomic E-state index is -0.531. The number of aliphatic hydroxyl groups is 1. The summed E-state index contributed by atoms with van der Waals surface area (Å²) in [5, 5.41) is 24.4. The lowest BCUT2D eigenvalue weighted by molar-refractivity contribution is -0.122. The summed E-state index contributed by atoms with van der Waals surface area (Å²) in [6, 6.07) is 12.5. The van der Waals surface area contributed by atoms with Crippen molar-refractivity contribution in [3.63, 3.8) is 0 Å². The lowest BCUT2D eigenvalue weighted by Crippen LogP contribution is -2.30. The maximum atomic E-state index is 12.0. The number of rotatable bonds is 8. The average molecular weight is 341 g/mol. The molecule has 0 aliphatic carbocycles. The van der Waals surface area contributed by atoms with Gasteiger partial charge in [-0.05, 0) is 23.8 Å². The summed E-state index contributed by atoms with van der Waals surface area (Å²) in [6.45, 7) is 0.266. The largest absolute Gasteiger partial charge is 0.467 e. The van der Waals surface area contributed by atoms with Gasteiger partial charge in [0.25, 0.3) is 0 Å². The molecule has 25 heavy (non-hydrogen) atoms. The van der Waals surface area contributed by atoms with Crippen LogP contribution >= 0.6 is 0 Å². The first-order valence-electron chi connectivity index (χ1n) is 8.03. The second kappa shape index (κ2) is 8.20. The van der Waals surface area contributed by atoms with Crippen LogP contribution in [-0.4, -0.2) is 37.8 Å². The van der Waals surface area contributed by atoms with Gasteiger partial charge in [-0.2, -0.15) is 4.80 Å². The molecule has 0 saturated heterocycles. The Balaban J connectivity index is 1.46. The fraction of sp³-hybridized carbons (Fsp3) is 0.294. The van der Waals surface area contributed by atoms with Crippen molar-refractivity contribution in [1.82, 2.24) is 25.5 Å². The van der Waals surface area contributed by atoms with Crippen LogP contribution in [0.1, 0.15) is 24.6 Å². The van der Waals surface area contributed by atoms with Gasteiger partial charge in [0.1, 0.15) is 11.8 Å². The zero-order valence-electron chi connectivity index (χ0n) is 13.6. The summed E-state index contributed by atoms with van der Waals surface area (Å²) in [5.74, 6) is 0.920. The molecule has 8 nitrogen and oxygen atoms in total. The molecule has 0 aliphatic heterocycles. The van der Waals surface area contributed by atoms with E-state index in [1.54, 1.807) is 12.1 Å².